The summed E-state index contributed by atoms with van der Waals surface area (Å²) in [6, 6.07) is 11.3. The molecule has 5 heteroatoms. The lowest BCUT2D eigenvalue weighted by molar-refractivity contribution is -0.140. The number of hydrogen-bond acceptors (Lipinski definition) is 3. The van der Waals surface area contributed by atoms with Crippen molar-refractivity contribution in [2.45, 2.75) is 58.2 Å². The SMILES string of the molecule is CC(C)CC(C(=O)N1CCCCC1c1cccnc1)N1Cc2ccccc2C1=O. The number of carbonyl (C=O) groups excluding carboxylic acids is 2. The first-order valence-electron chi connectivity index (χ1n) is 10.7. The van der Waals surface area contributed by atoms with E-state index in [-0.39, 0.29) is 17.9 Å². The van der Waals surface area contributed by atoms with Crippen LogP contribution in [-0.4, -0.2) is 39.2 Å². The van der Waals surface area contributed by atoms with Crippen molar-refractivity contribution in [2.24, 2.45) is 5.92 Å². The summed E-state index contributed by atoms with van der Waals surface area (Å²) < 4.78 is 0. The summed E-state index contributed by atoms with van der Waals surface area (Å²) in [5, 5.41) is 0. The number of pyridine rings is 1. The highest BCUT2D eigenvalue weighted by Crippen LogP contribution is 2.34. The fourth-order valence-corrected chi connectivity index (χ4v) is 4.64. The summed E-state index contributed by atoms with van der Waals surface area (Å²) in [7, 11) is 0. The summed E-state index contributed by atoms with van der Waals surface area (Å²) in [6.07, 6.45) is 7.36. The molecule has 1 saturated heterocycles. The maximum Gasteiger partial charge on any atom is 0.255 e. The molecule has 152 valence electrons. The van der Waals surface area contributed by atoms with Gasteiger partial charge in [0.25, 0.3) is 5.91 Å². The van der Waals surface area contributed by atoms with Gasteiger partial charge in [-0.1, -0.05) is 38.1 Å². The normalized spacial score (nSPS) is 20.1. The molecule has 0 spiro atoms. The Bertz CT molecular complexity index is 881. The Morgan fingerprint density at radius 1 is 1.17 bits per heavy atom. The lowest BCUT2D eigenvalue weighted by Gasteiger charge is -2.40. The Morgan fingerprint density at radius 3 is 2.72 bits per heavy atom. The van der Waals surface area contributed by atoms with E-state index < -0.39 is 6.04 Å². The van der Waals surface area contributed by atoms with Crippen LogP contribution in [0.15, 0.2) is 48.8 Å². The summed E-state index contributed by atoms with van der Waals surface area (Å²) in [4.78, 5) is 35.0. The molecule has 2 atom stereocenters. The van der Waals surface area contributed by atoms with Crippen LogP contribution in [0.1, 0.15) is 67.1 Å². The van der Waals surface area contributed by atoms with E-state index in [4.69, 9.17) is 0 Å². The molecule has 0 N–H and O–H groups in total. The summed E-state index contributed by atoms with van der Waals surface area (Å²) in [5.41, 5.74) is 2.83. The predicted molar refractivity (Wildman–Crippen MR) is 112 cm³/mol. The molecule has 3 heterocycles. The van der Waals surface area contributed by atoms with Crippen molar-refractivity contribution in [1.29, 1.82) is 0 Å². The molecule has 2 aliphatic rings. The second kappa shape index (κ2) is 8.36. The van der Waals surface area contributed by atoms with Crippen molar-refractivity contribution >= 4 is 11.8 Å². The zero-order valence-corrected chi connectivity index (χ0v) is 17.3. The van der Waals surface area contributed by atoms with E-state index in [2.05, 4.69) is 24.9 Å². The monoisotopic (exact) mass is 391 g/mol. The molecular weight excluding hydrogens is 362 g/mol. The number of nitrogens with zero attached hydrogens (tertiary/aromatic N) is 3. The highest BCUT2D eigenvalue weighted by molar-refractivity contribution is 6.01. The number of carbonyl (C=O) groups is 2. The molecule has 2 aromatic rings. The number of fused-ring (bicyclic) bond motifs is 1. The fourth-order valence-electron chi connectivity index (χ4n) is 4.64. The van der Waals surface area contributed by atoms with Gasteiger partial charge < -0.3 is 9.80 Å². The predicted octanol–water partition coefficient (Wildman–Crippen LogP) is 4.21. The molecule has 0 radical (unpaired) electrons. The van der Waals surface area contributed by atoms with Gasteiger partial charge in [-0.3, -0.25) is 14.6 Å². The van der Waals surface area contributed by atoms with Gasteiger partial charge in [0.05, 0.1) is 6.04 Å². The van der Waals surface area contributed by atoms with Crippen molar-refractivity contribution in [2.75, 3.05) is 6.54 Å². The Morgan fingerprint density at radius 2 is 2.00 bits per heavy atom. The smallest absolute Gasteiger partial charge is 0.255 e. The van der Waals surface area contributed by atoms with Crippen LogP contribution in [0.5, 0.6) is 0 Å². The fraction of sp³-hybridized carbons (Fsp3) is 0.458. The van der Waals surface area contributed by atoms with Crippen LogP contribution >= 0.6 is 0 Å². The number of piperidine rings is 1. The molecule has 2 aliphatic heterocycles. The number of hydrogen-bond donors (Lipinski definition) is 0. The zero-order valence-electron chi connectivity index (χ0n) is 17.3. The molecule has 1 fully saturated rings. The molecule has 29 heavy (non-hydrogen) atoms. The molecule has 0 aliphatic carbocycles. The van der Waals surface area contributed by atoms with Gasteiger partial charge in [-0.05, 0) is 54.9 Å². The molecule has 4 rings (SSSR count). The molecule has 2 amide bonds. The zero-order chi connectivity index (χ0) is 20.4. The van der Waals surface area contributed by atoms with E-state index in [0.29, 0.717) is 18.9 Å². The summed E-state index contributed by atoms with van der Waals surface area (Å²) in [6.45, 7) is 5.48. The van der Waals surface area contributed by atoms with E-state index in [1.165, 1.54) is 0 Å². The van der Waals surface area contributed by atoms with Crippen LogP contribution in [0.4, 0.5) is 0 Å². The van der Waals surface area contributed by atoms with E-state index in [9.17, 15) is 9.59 Å². The molecular formula is C24H29N3O2. The van der Waals surface area contributed by atoms with Gasteiger partial charge in [0.2, 0.25) is 5.91 Å². The van der Waals surface area contributed by atoms with Gasteiger partial charge in [-0.25, -0.2) is 0 Å². The lowest BCUT2D eigenvalue weighted by Crippen LogP contribution is -2.51. The van der Waals surface area contributed by atoms with E-state index in [0.717, 1.165) is 42.5 Å². The van der Waals surface area contributed by atoms with Crippen LogP contribution in [0, 0.1) is 5.92 Å². The number of amides is 2. The van der Waals surface area contributed by atoms with Crippen LogP contribution in [0.2, 0.25) is 0 Å². The van der Waals surface area contributed by atoms with Crippen LogP contribution in [0.25, 0.3) is 0 Å². The third-order valence-electron chi connectivity index (χ3n) is 6.06. The second-order valence-corrected chi connectivity index (χ2v) is 8.57. The number of aromatic nitrogens is 1. The lowest BCUT2D eigenvalue weighted by atomic mass is 9.93. The highest BCUT2D eigenvalue weighted by atomic mass is 16.2. The van der Waals surface area contributed by atoms with Gasteiger partial charge in [0.15, 0.2) is 0 Å². The molecule has 5 nitrogen and oxygen atoms in total. The third-order valence-corrected chi connectivity index (χ3v) is 6.06. The first-order valence-corrected chi connectivity index (χ1v) is 10.7. The highest BCUT2D eigenvalue weighted by Gasteiger charge is 2.40. The number of benzene rings is 1. The minimum Gasteiger partial charge on any atom is -0.334 e. The minimum atomic E-state index is -0.424. The van der Waals surface area contributed by atoms with Crippen LogP contribution < -0.4 is 0 Å². The van der Waals surface area contributed by atoms with E-state index in [1.54, 1.807) is 11.1 Å². The van der Waals surface area contributed by atoms with Gasteiger partial charge in [-0.2, -0.15) is 0 Å². The van der Waals surface area contributed by atoms with E-state index in [1.807, 2.05) is 41.4 Å². The maximum absolute atomic E-state index is 13.8. The standard InChI is InChI=1S/C24H29N3O2/c1-17(2)14-22(27-16-19-8-3-4-10-20(19)23(27)28)24(29)26-13-6-5-11-21(26)18-9-7-12-25-15-18/h3-4,7-10,12,15,17,21-22H,5-6,11,13-14,16H2,1-2H3. The summed E-state index contributed by atoms with van der Waals surface area (Å²) >= 11 is 0. The van der Waals surface area contributed by atoms with Crippen LogP contribution in [-0.2, 0) is 11.3 Å². The Hall–Kier alpha value is -2.69. The third kappa shape index (κ3) is 3.91. The molecule has 0 bridgehead atoms. The first kappa shape index (κ1) is 19.6. The van der Waals surface area contributed by atoms with E-state index >= 15 is 0 Å². The van der Waals surface area contributed by atoms with Gasteiger partial charge in [-0.15, -0.1) is 0 Å². The summed E-state index contributed by atoms with van der Waals surface area (Å²) in [5.74, 6) is 0.380. The Balaban J connectivity index is 1.63. The van der Waals surface area contributed by atoms with Crippen molar-refractivity contribution < 1.29 is 9.59 Å². The first-order chi connectivity index (χ1) is 14.1. The Kier molecular flexibility index (Phi) is 5.65. The molecule has 0 saturated carbocycles. The van der Waals surface area contributed by atoms with Crippen molar-refractivity contribution in [1.82, 2.24) is 14.8 Å². The van der Waals surface area contributed by atoms with Crippen molar-refractivity contribution in [3.05, 3.63) is 65.5 Å². The minimum absolute atomic E-state index is 0.0189. The van der Waals surface area contributed by atoms with Gasteiger partial charge in [0, 0.05) is 31.0 Å². The number of likely N-dealkylation sites (tertiary alicyclic amines) is 1. The molecule has 2 unspecified atom stereocenters. The van der Waals surface area contributed by atoms with Crippen molar-refractivity contribution in [3.8, 4) is 0 Å². The largest absolute Gasteiger partial charge is 0.334 e. The number of rotatable bonds is 5. The van der Waals surface area contributed by atoms with Gasteiger partial charge >= 0.3 is 0 Å². The second-order valence-electron chi connectivity index (χ2n) is 8.57. The van der Waals surface area contributed by atoms with Crippen molar-refractivity contribution in [3.63, 3.8) is 0 Å². The average molecular weight is 392 g/mol. The average Bonchev–Trinajstić information content (AvgIpc) is 3.08. The van der Waals surface area contributed by atoms with Gasteiger partial charge in [0.1, 0.15) is 6.04 Å². The van der Waals surface area contributed by atoms with Crippen LogP contribution in [0.3, 0.4) is 0 Å². The molecule has 1 aromatic carbocycles. The topological polar surface area (TPSA) is 53.5 Å². The maximum atomic E-state index is 13.8. The molecule has 1 aromatic heterocycles. The quantitative estimate of drug-likeness (QED) is 0.767. The Labute approximate surface area is 172 Å².